The second-order valence-electron chi connectivity index (χ2n) is 6.12. The Kier molecular flexibility index (Phi) is 6.11. The van der Waals surface area contributed by atoms with Crippen LogP contribution in [0.15, 0.2) is 66.7 Å². The van der Waals surface area contributed by atoms with Crippen molar-refractivity contribution in [1.29, 1.82) is 0 Å². The Morgan fingerprint density at radius 2 is 1.68 bits per heavy atom. The van der Waals surface area contributed by atoms with Gasteiger partial charge in [-0.25, -0.2) is 4.39 Å². The summed E-state index contributed by atoms with van der Waals surface area (Å²) < 4.78 is 23.8. The third-order valence-corrected chi connectivity index (χ3v) is 4.11. The van der Waals surface area contributed by atoms with E-state index in [9.17, 15) is 9.18 Å². The van der Waals surface area contributed by atoms with Crippen LogP contribution in [-0.2, 0) is 11.2 Å². The van der Waals surface area contributed by atoms with Gasteiger partial charge in [-0.2, -0.15) is 0 Å². The number of carbonyl (C=O) groups is 1. The van der Waals surface area contributed by atoms with Gasteiger partial charge in [-0.3, -0.25) is 4.79 Å². The zero-order valence-electron chi connectivity index (χ0n) is 15.7. The van der Waals surface area contributed by atoms with E-state index >= 15 is 0 Å². The van der Waals surface area contributed by atoms with Gasteiger partial charge >= 0.3 is 0 Å². The van der Waals surface area contributed by atoms with Gasteiger partial charge in [-0.15, -0.1) is 0 Å². The molecule has 0 aliphatic rings. The number of hydrogen-bond donors (Lipinski definition) is 2. The molecular formula is C22H21FN2O3. The second kappa shape index (κ2) is 8.90. The lowest BCUT2D eigenvalue weighted by Crippen LogP contribution is -2.14. The first-order chi connectivity index (χ1) is 13.6. The lowest BCUT2D eigenvalue weighted by atomic mass is 10.1. The molecule has 0 radical (unpaired) electrons. The fourth-order valence-corrected chi connectivity index (χ4v) is 2.73. The Morgan fingerprint density at radius 3 is 2.36 bits per heavy atom. The molecule has 2 N–H and O–H groups in total. The van der Waals surface area contributed by atoms with Crippen LogP contribution in [0.4, 0.5) is 21.5 Å². The number of hydrogen-bond acceptors (Lipinski definition) is 4. The first-order valence-corrected chi connectivity index (χ1v) is 8.71. The molecule has 3 aromatic carbocycles. The summed E-state index contributed by atoms with van der Waals surface area (Å²) in [5.41, 5.74) is 2.92. The van der Waals surface area contributed by atoms with E-state index in [1.807, 2.05) is 24.3 Å². The predicted octanol–water partition coefficient (Wildman–Crippen LogP) is 4.77. The number of anilines is 3. The highest BCUT2D eigenvalue weighted by Gasteiger charge is 2.07. The molecule has 5 nitrogen and oxygen atoms in total. The van der Waals surface area contributed by atoms with Gasteiger partial charge in [0.05, 0.1) is 26.3 Å². The predicted molar refractivity (Wildman–Crippen MR) is 108 cm³/mol. The van der Waals surface area contributed by atoms with Crippen LogP contribution < -0.4 is 20.1 Å². The van der Waals surface area contributed by atoms with Gasteiger partial charge in [0.15, 0.2) is 0 Å². The lowest BCUT2D eigenvalue weighted by molar-refractivity contribution is -0.115. The van der Waals surface area contributed by atoms with Crippen molar-refractivity contribution in [3.63, 3.8) is 0 Å². The molecule has 28 heavy (non-hydrogen) atoms. The van der Waals surface area contributed by atoms with E-state index in [4.69, 9.17) is 9.47 Å². The van der Waals surface area contributed by atoms with Crippen molar-refractivity contribution in [2.24, 2.45) is 0 Å². The number of nitrogens with one attached hydrogen (secondary N) is 2. The van der Waals surface area contributed by atoms with Crippen molar-refractivity contribution in [2.75, 3.05) is 24.9 Å². The van der Waals surface area contributed by atoms with Crippen molar-refractivity contribution in [2.45, 2.75) is 6.42 Å². The lowest BCUT2D eigenvalue weighted by Gasteiger charge is -2.13. The SMILES string of the molecule is COc1ccc(Nc2ccc(NC(=O)Cc3cccc(F)c3)cc2)c(OC)c1. The van der Waals surface area contributed by atoms with E-state index in [1.165, 1.54) is 12.1 Å². The molecule has 3 rings (SSSR count). The van der Waals surface area contributed by atoms with Crippen molar-refractivity contribution in [3.05, 3.63) is 78.1 Å². The molecule has 0 aliphatic carbocycles. The molecule has 0 saturated carbocycles. The molecule has 0 bridgehead atoms. The first-order valence-electron chi connectivity index (χ1n) is 8.71. The van der Waals surface area contributed by atoms with Gasteiger partial charge in [0.1, 0.15) is 17.3 Å². The number of methoxy groups -OCH3 is 2. The van der Waals surface area contributed by atoms with Gasteiger partial charge in [0.25, 0.3) is 0 Å². The number of carbonyl (C=O) groups excluding carboxylic acids is 1. The zero-order chi connectivity index (χ0) is 19.9. The maximum atomic E-state index is 13.2. The van der Waals surface area contributed by atoms with Crippen LogP contribution in [-0.4, -0.2) is 20.1 Å². The monoisotopic (exact) mass is 380 g/mol. The normalized spacial score (nSPS) is 10.2. The summed E-state index contributed by atoms with van der Waals surface area (Å²) in [5, 5.41) is 6.07. The van der Waals surface area contributed by atoms with Crippen LogP contribution >= 0.6 is 0 Å². The topological polar surface area (TPSA) is 59.6 Å². The summed E-state index contributed by atoms with van der Waals surface area (Å²) in [4.78, 5) is 12.1. The van der Waals surface area contributed by atoms with Gasteiger partial charge in [0.2, 0.25) is 5.91 Å². The Balaban J connectivity index is 1.63. The van der Waals surface area contributed by atoms with Crippen molar-refractivity contribution < 1.29 is 18.7 Å². The quantitative estimate of drug-likeness (QED) is 0.620. The van der Waals surface area contributed by atoms with Gasteiger partial charge < -0.3 is 20.1 Å². The van der Waals surface area contributed by atoms with Crippen molar-refractivity contribution >= 4 is 23.0 Å². The zero-order valence-corrected chi connectivity index (χ0v) is 15.7. The highest BCUT2D eigenvalue weighted by Crippen LogP contribution is 2.31. The van der Waals surface area contributed by atoms with Crippen LogP contribution in [0.3, 0.4) is 0 Å². The maximum absolute atomic E-state index is 13.2. The minimum Gasteiger partial charge on any atom is -0.497 e. The number of amides is 1. The molecule has 3 aromatic rings. The van der Waals surface area contributed by atoms with E-state index < -0.39 is 0 Å². The van der Waals surface area contributed by atoms with Crippen LogP contribution in [0.1, 0.15) is 5.56 Å². The fourth-order valence-electron chi connectivity index (χ4n) is 2.73. The van der Waals surface area contributed by atoms with Gasteiger partial charge in [-0.05, 0) is 54.1 Å². The number of benzene rings is 3. The molecule has 0 atom stereocenters. The second-order valence-corrected chi connectivity index (χ2v) is 6.12. The maximum Gasteiger partial charge on any atom is 0.228 e. The van der Waals surface area contributed by atoms with Gasteiger partial charge in [0, 0.05) is 17.4 Å². The van der Waals surface area contributed by atoms with Crippen molar-refractivity contribution in [1.82, 2.24) is 0 Å². The smallest absolute Gasteiger partial charge is 0.228 e. The molecule has 1 amide bonds. The molecule has 6 heteroatoms. The van der Waals surface area contributed by atoms with Crippen LogP contribution in [0.25, 0.3) is 0 Å². The molecule has 0 unspecified atom stereocenters. The molecule has 0 fully saturated rings. The standard InChI is InChI=1S/C22H21FN2O3/c1-27-19-10-11-20(21(14-19)28-2)24-17-6-8-18(9-7-17)25-22(26)13-15-4-3-5-16(23)12-15/h3-12,14,24H,13H2,1-2H3,(H,25,26). The summed E-state index contributed by atoms with van der Waals surface area (Å²) in [5.74, 6) is 0.809. The fraction of sp³-hybridized carbons (Fsp3) is 0.136. The van der Waals surface area contributed by atoms with Crippen LogP contribution in [0.5, 0.6) is 11.5 Å². The highest BCUT2D eigenvalue weighted by molar-refractivity contribution is 5.92. The Hall–Kier alpha value is -3.54. The molecule has 0 aliphatic heterocycles. The van der Waals surface area contributed by atoms with E-state index in [0.29, 0.717) is 22.7 Å². The molecule has 144 valence electrons. The molecule has 0 aromatic heterocycles. The van der Waals surface area contributed by atoms with E-state index in [0.717, 1.165) is 11.4 Å². The molecule has 0 saturated heterocycles. The minimum atomic E-state index is -0.352. The molecule has 0 spiro atoms. The summed E-state index contributed by atoms with van der Waals surface area (Å²) in [6.45, 7) is 0. The number of ether oxygens (including phenoxy) is 2. The van der Waals surface area contributed by atoms with E-state index in [1.54, 1.807) is 44.6 Å². The summed E-state index contributed by atoms with van der Waals surface area (Å²) in [7, 11) is 3.19. The van der Waals surface area contributed by atoms with E-state index in [2.05, 4.69) is 10.6 Å². The first kappa shape index (κ1) is 19.2. The highest BCUT2D eigenvalue weighted by atomic mass is 19.1. The minimum absolute atomic E-state index is 0.112. The van der Waals surface area contributed by atoms with Crippen LogP contribution in [0.2, 0.25) is 0 Å². The number of rotatable bonds is 7. The number of halogens is 1. The Bertz CT molecular complexity index is 958. The molecular weight excluding hydrogens is 359 g/mol. The largest absolute Gasteiger partial charge is 0.497 e. The third kappa shape index (κ3) is 5.01. The van der Waals surface area contributed by atoms with Crippen molar-refractivity contribution in [3.8, 4) is 11.5 Å². The van der Waals surface area contributed by atoms with E-state index in [-0.39, 0.29) is 18.1 Å². The average molecular weight is 380 g/mol. The van der Waals surface area contributed by atoms with Gasteiger partial charge in [-0.1, -0.05) is 12.1 Å². The Labute approximate surface area is 163 Å². The summed E-state index contributed by atoms with van der Waals surface area (Å²) in [6, 6.07) is 18.8. The average Bonchev–Trinajstić information content (AvgIpc) is 2.69. The van der Waals surface area contributed by atoms with Crippen LogP contribution in [0, 0.1) is 5.82 Å². The third-order valence-electron chi connectivity index (χ3n) is 4.11. The molecule has 0 heterocycles. The summed E-state index contributed by atoms with van der Waals surface area (Å²) >= 11 is 0. The summed E-state index contributed by atoms with van der Waals surface area (Å²) in [6.07, 6.45) is 0.112. The Morgan fingerprint density at radius 1 is 0.929 bits per heavy atom.